The molecule has 196 valence electrons. The second-order valence-electron chi connectivity index (χ2n) is 10.7. The van der Waals surface area contributed by atoms with Gasteiger partial charge in [-0.15, -0.1) is 0 Å². The third kappa shape index (κ3) is 3.69. The molecule has 0 N–H and O–H groups in total. The van der Waals surface area contributed by atoms with Crippen LogP contribution in [0, 0.1) is 6.92 Å². The molecule has 1 unspecified atom stereocenters. The van der Waals surface area contributed by atoms with Gasteiger partial charge in [-0.05, 0) is 0 Å². The van der Waals surface area contributed by atoms with E-state index in [0.29, 0.717) is 0 Å². The minimum atomic E-state index is -2.80. The van der Waals surface area contributed by atoms with Crippen LogP contribution in [0.5, 0.6) is 0 Å². The Morgan fingerprint density at radius 2 is 1.12 bits per heavy atom. The molecule has 1 nitrogen and oxygen atoms in total. The zero-order chi connectivity index (χ0) is 27.0. The van der Waals surface area contributed by atoms with Crippen molar-refractivity contribution < 1.29 is 0 Å². The van der Waals surface area contributed by atoms with Gasteiger partial charge in [0.2, 0.25) is 0 Å². The molecule has 1 atom stereocenters. The van der Waals surface area contributed by atoms with Gasteiger partial charge in [0.1, 0.15) is 0 Å². The molecule has 3 heteroatoms. The molecule has 1 spiro atoms. The first kappa shape index (κ1) is 25.2. The first-order chi connectivity index (χ1) is 19.8. The summed E-state index contributed by atoms with van der Waals surface area (Å²) < 4.78 is 2.98. The molecular weight excluding hydrogens is 520 g/mol. The molecule has 40 heavy (non-hydrogen) atoms. The van der Waals surface area contributed by atoms with Crippen molar-refractivity contribution in [2.24, 2.45) is 0 Å². The predicted octanol–water partition coefficient (Wildman–Crippen LogP) is 7.89. The predicted molar refractivity (Wildman–Crippen MR) is 178 cm³/mol. The van der Waals surface area contributed by atoms with Crippen molar-refractivity contribution in [2.45, 2.75) is 18.5 Å². The summed E-state index contributed by atoms with van der Waals surface area (Å²) in [5, 5.41) is 5.52. The first-order valence-electron chi connectivity index (χ1n) is 14.0. The molecule has 0 aromatic heterocycles. The van der Waals surface area contributed by atoms with Crippen LogP contribution in [0.1, 0.15) is 17.5 Å². The summed E-state index contributed by atoms with van der Waals surface area (Å²) in [6, 6.07) is 52.4. The molecule has 0 amide bonds. The molecule has 1 heterocycles. The van der Waals surface area contributed by atoms with Gasteiger partial charge in [0.25, 0.3) is 0 Å². The number of nitrogens with zero attached hydrogens (tertiary/aromatic N) is 1. The first-order valence-corrected chi connectivity index (χ1v) is 17.3. The Morgan fingerprint density at radius 3 is 1.62 bits per heavy atom. The van der Waals surface area contributed by atoms with Crippen LogP contribution in [-0.2, 0) is 5.16 Å². The standard InChI is InChI=1S/C37H33NP2/c1-30-18-17-27-35-36(30)38(39(31-19-7-2-8-20-31)32-21-9-3-10-22-32)40(33-23-11-4-12-24-33,34-25-13-5-14-26-34)37(35)28-15-6-16-29-37/h2-28,40H,29H2,1H3. The van der Waals surface area contributed by atoms with Crippen LogP contribution < -0.4 is 25.7 Å². The van der Waals surface area contributed by atoms with Gasteiger partial charge < -0.3 is 0 Å². The van der Waals surface area contributed by atoms with E-state index in [4.69, 9.17) is 0 Å². The molecule has 2 aliphatic rings. The molecule has 0 bridgehead atoms. The van der Waals surface area contributed by atoms with Crippen molar-refractivity contribution in [1.29, 1.82) is 0 Å². The van der Waals surface area contributed by atoms with Gasteiger partial charge in [-0.3, -0.25) is 0 Å². The summed E-state index contributed by atoms with van der Waals surface area (Å²) in [4.78, 5) is 0. The second kappa shape index (κ2) is 10.3. The molecular formula is C37H33NP2. The van der Waals surface area contributed by atoms with Crippen molar-refractivity contribution in [1.82, 2.24) is 0 Å². The van der Waals surface area contributed by atoms with Crippen LogP contribution >= 0.6 is 15.5 Å². The number of allylic oxidation sites excluding steroid dienone is 4. The molecule has 0 radical (unpaired) electrons. The Kier molecular flexibility index (Phi) is 6.51. The Balaban J connectivity index is 1.69. The summed E-state index contributed by atoms with van der Waals surface area (Å²) in [5.41, 5.74) is 4.23. The summed E-state index contributed by atoms with van der Waals surface area (Å²) in [7, 11) is -3.71. The average molecular weight is 554 g/mol. The van der Waals surface area contributed by atoms with Crippen molar-refractivity contribution in [3.05, 3.63) is 175 Å². The summed E-state index contributed by atoms with van der Waals surface area (Å²) in [6.07, 6.45) is 10.5. The molecule has 0 fully saturated rings. The molecule has 1 aliphatic carbocycles. The van der Waals surface area contributed by atoms with Crippen molar-refractivity contribution >= 4 is 42.4 Å². The fourth-order valence-electron chi connectivity index (χ4n) is 6.99. The molecule has 0 saturated carbocycles. The fourth-order valence-corrected chi connectivity index (χ4v) is 17.8. The topological polar surface area (TPSA) is 3.24 Å². The van der Waals surface area contributed by atoms with Crippen molar-refractivity contribution in [3.63, 3.8) is 0 Å². The van der Waals surface area contributed by atoms with Gasteiger partial charge in [-0.2, -0.15) is 0 Å². The zero-order valence-electron chi connectivity index (χ0n) is 22.7. The maximum absolute atomic E-state index is 2.98. The molecule has 7 rings (SSSR count). The number of anilines is 1. The van der Waals surface area contributed by atoms with Crippen LogP contribution in [0.15, 0.2) is 164 Å². The van der Waals surface area contributed by atoms with E-state index in [2.05, 4.69) is 175 Å². The molecule has 5 aromatic carbocycles. The second-order valence-corrected chi connectivity index (χ2v) is 17.0. The van der Waals surface area contributed by atoms with E-state index in [0.717, 1.165) is 6.42 Å². The molecule has 1 aliphatic heterocycles. The van der Waals surface area contributed by atoms with Crippen molar-refractivity contribution in [2.75, 3.05) is 4.44 Å². The van der Waals surface area contributed by atoms with Crippen LogP contribution in [0.4, 0.5) is 5.69 Å². The molecule has 0 saturated heterocycles. The minimum absolute atomic E-state index is 0.157. The van der Waals surface area contributed by atoms with Crippen LogP contribution in [0.2, 0.25) is 0 Å². The Hall–Kier alpha value is -3.76. The SMILES string of the molecule is Cc1cccc2c1N(P(c1ccccc1)c1ccccc1)[PH](c1ccccc1)(c1ccccc1)C21C=CC=CC1. The van der Waals surface area contributed by atoms with Gasteiger partial charge in [-0.1, -0.05) is 0 Å². The third-order valence-corrected chi connectivity index (χ3v) is 17.3. The third-order valence-electron chi connectivity index (χ3n) is 8.55. The number of benzene rings is 5. The maximum atomic E-state index is 2.98. The summed E-state index contributed by atoms with van der Waals surface area (Å²) in [5.74, 6) is 0. The van der Waals surface area contributed by atoms with Crippen LogP contribution in [0.25, 0.3) is 0 Å². The number of rotatable bonds is 5. The number of para-hydroxylation sites is 1. The van der Waals surface area contributed by atoms with E-state index in [1.54, 1.807) is 0 Å². The Labute approximate surface area is 239 Å². The van der Waals surface area contributed by atoms with E-state index in [1.807, 2.05) is 0 Å². The van der Waals surface area contributed by atoms with E-state index in [-0.39, 0.29) is 5.16 Å². The molecule has 5 aromatic rings. The number of hydrogen-bond donors (Lipinski definition) is 0. The normalized spacial score (nSPS) is 19.6. The van der Waals surface area contributed by atoms with Crippen LogP contribution in [-0.4, -0.2) is 0 Å². The van der Waals surface area contributed by atoms with E-state index in [9.17, 15) is 0 Å². The fraction of sp³-hybridized carbons (Fsp3) is 0.0811. The van der Waals surface area contributed by atoms with Gasteiger partial charge in [0.05, 0.1) is 0 Å². The quantitative estimate of drug-likeness (QED) is 0.200. The van der Waals surface area contributed by atoms with Gasteiger partial charge >= 0.3 is 240 Å². The Bertz CT molecular complexity index is 1600. The number of hydrogen-bond acceptors (Lipinski definition) is 1. The average Bonchev–Trinajstić information content (AvgIpc) is 3.27. The van der Waals surface area contributed by atoms with E-state index in [1.165, 1.54) is 38.0 Å². The monoisotopic (exact) mass is 553 g/mol. The van der Waals surface area contributed by atoms with Gasteiger partial charge in [0.15, 0.2) is 0 Å². The van der Waals surface area contributed by atoms with Gasteiger partial charge in [0, 0.05) is 0 Å². The van der Waals surface area contributed by atoms with E-state index >= 15 is 0 Å². The Morgan fingerprint density at radius 1 is 0.600 bits per heavy atom. The van der Waals surface area contributed by atoms with Crippen molar-refractivity contribution in [3.8, 4) is 0 Å². The summed E-state index contributed by atoms with van der Waals surface area (Å²) in [6.45, 7) is 2.31. The number of aryl methyl sites for hydroxylation is 1. The van der Waals surface area contributed by atoms with Gasteiger partial charge in [-0.25, -0.2) is 0 Å². The van der Waals surface area contributed by atoms with E-state index < -0.39 is 15.5 Å². The number of fused-ring (bicyclic) bond motifs is 2. The van der Waals surface area contributed by atoms with Crippen LogP contribution in [0.3, 0.4) is 0 Å². The summed E-state index contributed by atoms with van der Waals surface area (Å²) >= 11 is 0. The zero-order valence-corrected chi connectivity index (χ0v) is 24.6.